The molecule has 1 aromatic rings. The van der Waals surface area contributed by atoms with Gasteiger partial charge < -0.3 is 19.5 Å². The number of nitrogens with zero attached hydrogens (tertiary/aromatic N) is 4. The van der Waals surface area contributed by atoms with E-state index in [-0.39, 0.29) is 57.6 Å². The Hall–Kier alpha value is -2.07. The number of sulfone groups is 1. The van der Waals surface area contributed by atoms with Crippen LogP contribution in [0.4, 0.5) is 13.2 Å². The van der Waals surface area contributed by atoms with Gasteiger partial charge >= 0.3 is 6.18 Å². The zero-order valence-corrected chi connectivity index (χ0v) is 20.7. The summed E-state index contributed by atoms with van der Waals surface area (Å²) >= 11 is 0. The Balaban J connectivity index is 1.62. The largest absolute Gasteiger partial charge is 0.434 e. The molecule has 0 aliphatic carbocycles. The molecule has 0 aromatic carbocycles. The number of rotatable bonds is 16. The van der Waals surface area contributed by atoms with Crippen LogP contribution in [0.25, 0.3) is 0 Å². The highest BCUT2D eigenvalue weighted by atomic mass is 32.2. The summed E-state index contributed by atoms with van der Waals surface area (Å²) < 4.78 is 80.3. The van der Waals surface area contributed by atoms with Gasteiger partial charge in [-0.3, -0.25) is 9.69 Å². The topological polar surface area (TPSA) is 125 Å². The van der Waals surface area contributed by atoms with E-state index >= 15 is 0 Å². The van der Waals surface area contributed by atoms with E-state index in [9.17, 15) is 26.4 Å². The molecule has 0 unspecified atom stereocenters. The van der Waals surface area contributed by atoms with Crippen LogP contribution in [0.5, 0.6) is 0 Å². The van der Waals surface area contributed by atoms with Crippen molar-refractivity contribution in [2.75, 3.05) is 65.5 Å². The molecule has 0 radical (unpaired) electrons. The van der Waals surface area contributed by atoms with Gasteiger partial charge in [0.15, 0.2) is 15.5 Å². The third-order valence-electron chi connectivity index (χ3n) is 5.09. The molecule has 1 aliphatic heterocycles. The van der Waals surface area contributed by atoms with Gasteiger partial charge in [0, 0.05) is 38.0 Å². The van der Waals surface area contributed by atoms with Crippen LogP contribution in [0.1, 0.15) is 18.3 Å². The van der Waals surface area contributed by atoms with Crippen LogP contribution in [-0.4, -0.2) is 105 Å². The van der Waals surface area contributed by atoms with Crippen LogP contribution in [-0.2, 0) is 48.1 Å². The van der Waals surface area contributed by atoms with Crippen LogP contribution in [0.15, 0.2) is 12.2 Å². The molecule has 1 N–H and O–H groups in total. The quantitative estimate of drug-likeness (QED) is 0.238. The van der Waals surface area contributed by atoms with Crippen molar-refractivity contribution in [3.8, 4) is 0 Å². The monoisotopic (exact) mass is 527 g/mol. The molecule has 1 amide bonds. The molecule has 1 saturated heterocycles. The van der Waals surface area contributed by atoms with E-state index in [1.54, 1.807) is 11.8 Å². The van der Waals surface area contributed by atoms with Gasteiger partial charge in [0.05, 0.1) is 51.4 Å². The second-order valence-corrected chi connectivity index (χ2v) is 10.5. The zero-order valence-electron chi connectivity index (χ0n) is 19.8. The summed E-state index contributed by atoms with van der Waals surface area (Å²) in [6.45, 7) is 6.91. The highest BCUT2D eigenvalue weighted by Gasteiger charge is 2.41. The third-order valence-corrected chi connectivity index (χ3v) is 6.60. The minimum atomic E-state index is -4.66. The van der Waals surface area contributed by atoms with Crippen molar-refractivity contribution in [3.05, 3.63) is 23.5 Å². The van der Waals surface area contributed by atoms with Crippen LogP contribution in [0.3, 0.4) is 0 Å². The van der Waals surface area contributed by atoms with Crippen LogP contribution in [0.2, 0.25) is 0 Å². The predicted molar refractivity (Wildman–Crippen MR) is 119 cm³/mol. The Labute approximate surface area is 202 Å². The van der Waals surface area contributed by atoms with Crippen LogP contribution < -0.4 is 5.32 Å². The van der Waals surface area contributed by atoms with Crippen molar-refractivity contribution >= 4 is 15.7 Å². The molecule has 0 saturated carbocycles. The molecule has 200 valence electrons. The van der Waals surface area contributed by atoms with Crippen molar-refractivity contribution in [1.29, 1.82) is 0 Å². The number of halogens is 3. The molecule has 0 bridgehead atoms. The van der Waals surface area contributed by atoms with Crippen molar-refractivity contribution < 1.29 is 40.6 Å². The fourth-order valence-electron chi connectivity index (χ4n) is 3.14. The summed E-state index contributed by atoms with van der Waals surface area (Å²) in [7, 11) is -3.21. The average Bonchev–Trinajstić information content (AvgIpc) is 3.13. The third kappa shape index (κ3) is 9.83. The molecule has 1 fully saturated rings. The number of hydrogen-bond acceptors (Lipinski definition) is 9. The number of amides is 1. The number of likely N-dealkylation sites (tertiary alicyclic amines) is 1. The zero-order chi connectivity index (χ0) is 26.1. The SMILES string of the molecule is C=C(C)C(=O)NCCOCCOCCOCCn1nnc(CN2CC(S(C)(=O)=O)C2)c1C(F)(F)F. The maximum Gasteiger partial charge on any atom is 0.434 e. The number of carbonyl (C=O) groups is 1. The first-order valence-corrected chi connectivity index (χ1v) is 12.9. The Bertz CT molecular complexity index is 948. The standard InChI is InChI=1S/C20H32F3N5O6S/c1-15(2)19(29)24-4-6-32-8-10-34-11-9-33-7-5-28-18(20(21,22)23)17(25-26-28)14-27-12-16(13-27)35(3,30)31/h16H,1,4-14H2,2-3H3,(H,24,29). The van der Waals surface area contributed by atoms with E-state index in [1.807, 2.05) is 0 Å². The molecule has 1 aliphatic rings. The highest BCUT2D eigenvalue weighted by Crippen LogP contribution is 2.32. The first-order chi connectivity index (χ1) is 16.4. The molecule has 0 atom stereocenters. The molecule has 2 heterocycles. The van der Waals surface area contributed by atoms with E-state index in [0.717, 1.165) is 10.9 Å². The minimum Gasteiger partial charge on any atom is -0.377 e. The van der Waals surface area contributed by atoms with Crippen molar-refractivity contribution in [2.45, 2.75) is 31.4 Å². The number of carbonyl (C=O) groups excluding carboxylic acids is 1. The van der Waals surface area contributed by atoms with E-state index in [1.165, 1.54) is 0 Å². The molecule has 0 spiro atoms. The van der Waals surface area contributed by atoms with Crippen molar-refractivity contribution in [3.63, 3.8) is 0 Å². The van der Waals surface area contributed by atoms with Gasteiger partial charge in [-0.05, 0) is 6.92 Å². The summed E-state index contributed by atoms with van der Waals surface area (Å²) in [5.74, 6) is -0.231. The average molecular weight is 528 g/mol. The van der Waals surface area contributed by atoms with Gasteiger partial charge in [0.2, 0.25) is 5.91 Å². The van der Waals surface area contributed by atoms with E-state index < -0.39 is 27.0 Å². The van der Waals surface area contributed by atoms with E-state index in [2.05, 4.69) is 22.2 Å². The number of hydrogen-bond donors (Lipinski definition) is 1. The number of alkyl halides is 3. The lowest BCUT2D eigenvalue weighted by atomic mass is 10.2. The van der Waals surface area contributed by atoms with Crippen molar-refractivity contribution in [1.82, 2.24) is 25.2 Å². The van der Waals surface area contributed by atoms with Gasteiger partial charge in [-0.2, -0.15) is 13.2 Å². The highest BCUT2D eigenvalue weighted by molar-refractivity contribution is 7.91. The number of aromatic nitrogens is 3. The Morgan fingerprint density at radius 2 is 1.69 bits per heavy atom. The smallest absolute Gasteiger partial charge is 0.377 e. The minimum absolute atomic E-state index is 0.0198. The van der Waals surface area contributed by atoms with Gasteiger partial charge in [-0.1, -0.05) is 11.8 Å². The van der Waals surface area contributed by atoms with E-state index in [0.29, 0.717) is 31.9 Å². The maximum absolute atomic E-state index is 13.6. The predicted octanol–water partition coefficient (Wildman–Crippen LogP) is 0.268. The fourth-order valence-corrected chi connectivity index (χ4v) is 4.10. The summed E-state index contributed by atoms with van der Waals surface area (Å²) in [6.07, 6.45) is -3.54. The fraction of sp³-hybridized carbons (Fsp3) is 0.750. The van der Waals surface area contributed by atoms with Crippen LogP contribution >= 0.6 is 0 Å². The lowest BCUT2D eigenvalue weighted by Gasteiger charge is -2.37. The van der Waals surface area contributed by atoms with E-state index in [4.69, 9.17) is 14.2 Å². The molecular formula is C20H32F3N5O6S. The molecule has 1 aromatic heterocycles. The lowest BCUT2D eigenvalue weighted by molar-refractivity contribution is -0.145. The van der Waals surface area contributed by atoms with Gasteiger partial charge in [-0.25, -0.2) is 13.1 Å². The first kappa shape index (κ1) is 29.2. The second-order valence-electron chi connectivity index (χ2n) is 8.12. The van der Waals surface area contributed by atoms with Gasteiger partial charge in [-0.15, -0.1) is 5.10 Å². The first-order valence-electron chi connectivity index (χ1n) is 11.0. The summed E-state index contributed by atoms with van der Waals surface area (Å²) in [4.78, 5) is 12.9. The van der Waals surface area contributed by atoms with Gasteiger partial charge in [0.1, 0.15) is 5.69 Å². The normalized spacial score (nSPS) is 15.2. The summed E-state index contributed by atoms with van der Waals surface area (Å²) in [5, 5.41) is 9.33. The second kappa shape index (κ2) is 13.3. The number of ether oxygens (including phenoxy) is 3. The molecule has 11 nitrogen and oxygen atoms in total. The Morgan fingerprint density at radius 1 is 1.11 bits per heavy atom. The molecule has 15 heteroatoms. The lowest BCUT2D eigenvalue weighted by Crippen LogP contribution is -2.53. The molecular weight excluding hydrogens is 495 g/mol. The molecule has 2 rings (SSSR count). The number of nitrogens with one attached hydrogen (secondary N) is 1. The van der Waals surface area contributed by atoms with Crippen LogP contribution in [0, 0.1) is 0 Å². The molecule has 35 heavy (non-hydrogen) atoms. The summed E-state index contributed by atoms with van der Waals surface area (Å²) in [5.41, 5.74) is -0.785. The van der Waals surface area contributed by atoms with Gasteiger partial charge in [0.25, 0.3) is 0 Å². The summed E-state index contributed by atoms with van der Waals surface area (Å²) in [6, 6.07) is 0. The Kier molecular flexibility index (Phi) is 11.1. The van der Waals surface area contributed by atoms with Crippen molar-refractivity contribution in [2.24, 2.45) is 0 Å². The maximum atomic E-state index is 13.6. The Morgan fingerprint density at radius 3 is 2.23 bits per heavy atom.